The first-order valence-corrected chi connectivity index (χ1v) is 10.0. The summed E-state index contributed by atoms with van der Waals surface area (Å²) in [7, 11) is -4.70. The number of hydrogen-bond donors (Lipinski definition) is 0. The molecule has 2 rings (SSSR count). The minimum atomic E-state index is -3.36. The van der Waals surface area contributed by atoms with Crippen molar-refractivity contribution >= 4 is 32.0 Å². The van der Waals surface area contributed by atoms with Gasteiger partial charge in [0.1, 0.15) is 0 Å². The molecule has 20 heavy (non-hydrogen) atoms. The van der Waals surface area contributed by atoms with Crippen molar-refractivity contribution in [3.05, 3.63) is 40.3 Å². The van der Waals surface area contributed by atoms with Gasteiger partial charge in [0.15, 0.2) is 9.84 Å². The molecule has 0 radical (unpaired) electrons. The largest absolute Gasteiger partial charge is 0.254 e. The van der Waals surface area contributed by atoms with Gasteiger partial charge in [0.05, 0.1) is 31.8 Å². The van der Waals surface area contributed by atoms with Crippen molar-refractivity contribution in [2.24, 2.45) is 0 Å². The Morgan fingerprint density at radius 2 is 2.00 bits per heavy atom. The van der Waals surface area contributed by atoms with Crippen molar-refractivity contribution in [3.63, 3.8) is 0 Å². The highest BCUT2D eigenvalue weighted by molar-refractivity contribution is 7.92. The van der Waals surface area contributed by atoms with Gasteiger partial charge in [0, 0.05) is 16.9 Å². The summed E-state index contributed by atoms with van der Waals surface area (Å²) in [6.45, 7) is 1.92. The number of aryl methyl sites for hydroxylation is 2. The van der Waals surface area contributed by atoms with Gasteiger partial charge in [-0.25, -0.2) is 13.4 Å². The van der Waals surface area contributed by atoms with Crippen molar-refractivity contribution in [3.8, 4) is 0 Å². The number of thiazole rings is 1. The summed E-state index contributed by atoms with van der Waals surface area (Å²) in [4.78, 5) is 5.78. The lowest BCUT2D eigenvalue weighted by Crippen LogP contribution is -2.08. The van der Waals surface area contributed by atoms with E-state index in [1.807, 2.05) is 6.92 Å². The van der Waals surface area contributed by atoms with Gasteiger partial charge in [0.2, 0.25) is 0 Å². The molecule has 1 aromatic carbocycles. The van der Waals surface area contributed by atoms with Gasteiger partial charge in [-0.2, -0.15) is 0 Å². The molecule has 108 valence electrons. The average molecular weight is 329 g/mol. The molecule has 4 nitrogen and oxygen atoms in total. The third-order valence-electron chi connectivity index (χ3n) is 2.85. The molecule has 0 spiro atoms. The molecule has 0 aliphatic carbocycles. The van der Waals surface area contributed by atoms with Gasteiger partial charge < -0.3 is 0 Å². The summed E-state index contributed by atoms with van der Waals surface area (Å²) >= 11 is 1.53. The second kappa shape index (κ2) is 6.15. The quantitative estimate of drug-likeness (QED) is 0.843. The van der Waals surface area contributed by atoms with Crippen molar-refractivity contribution in [1.82, 2.24) is 4.98 Å². The molecule has 2 aromatic rings. The van der Waals surface area contributed by atoms with E-state index in [9.17, 15) is 12.6 Å². The van der Waals surface area contributed by atoms with E-state index in [0.717, 1.165) is 16.8 Å². The van der Waals surface area contributed by atoms with E-state index < -0.39 is 20.6 Å². The maximum atomic E-state index is 12.3. The zero-order valence-corrected chi connectivity index (χ0v) is 13.6. The third kappa shape index (κ3) is 3.53. The minimum Gasteiger partial charge on any atom is -0.254 e. The first-order chi connectivity index (χ1) is 9.39. The topological polar surface area (TPSA) is 64.1 Å². The molecular weight excluding hydrogens is 314 g/mol. The van der Waals surface area contributed by atoms with Gasteiger partial charge in [-0.05, 0) is 25.5 Å². The molecule has 0 bridgehead atoms. The maximum absolute atomic E-state index is 12.3. The second-order valence-electron chi connectivity index (χ2n) is 4.38. The van der Waals surface area contributed by atoms with Crippen LogP contribution in [0.5, 0.6) is 0 Å². The fourth-order valence-corrected chi connectivity index (χ4v) is 5.34. The second-order valence-corrected chi connectivity index (χ2v) is 8.84. The van der Waals surface area contributed by atoms with Gasteiger partial charge >= 0.3 is 0 Å². The molecule has 0 amide bonds. The zero-order chi connectivity index (χ0) is 14.8. The van der Waals surface area contributed by atoms with Crippen LogP contribution in [0.4, 0.5) is 0 Å². The molecule has 0 aliphatic heterocycles. The van der Waals surface area contributed by atoms with Crippen LogP contribution in [0.2, 0.25) is 0 Å². The van der Waals surface area contributed by atoms with Crippen LogP contribution >= 0.6 is 11.3 Å². The monoisotopic (exact) mass is 329 g/mol. The number of sulfone groups is 1. The van der Waals surface area contributed by atoms with Crippen LogP contribution in [0.15, 0.2) is 39.6 Å². The lowest BCUT2D eigenvalue weighted by atomic mass is 10.3. The highest BCUT2D eigenvalue weighted by Gasteiger charge is 2.17. The average Bonchev–Trinajstić information content (AvgIpc) is 2.80. The molecule has 0 aliphatic rings. The Balaban J connectivity index is 2.20. The fraction of sp³-hybridized carbons (Fsp3) is 0.308. The normalized spacial score (nSPS) is 13.3. The minimum absolute atomic E-state index is 0.152. The lowest BCUT2D eigenvalue weighted by molar-refractivity contribution is 0.599. The van der Waals surface area contributed by atoms with Crippen LogP contribution in [-0.4, -0.2) is 29.6 Å². The summed E-state index contributed by atoms with van der Waals surface area (Å²) in [5, 5.41) is 0. The molecule has 1 atom stereocenters. The Kier molecular flexibility index (Phi) is 4.72. The van der Waals surface area contributed by atoms with Gasteiger partial charge in [-0.15, -0.1) is 11.3 Å². The molecular formula is C13H15NO3S3. The summed E-state index contributed by atoms with van der Waals surface area (Å²) < 4.78 is 35.8. The van der Waals surface area contributed by atoms with Gasteiger partial charge in [0.25, 0.3) is 0 Å². The fourth-order valence-electron chi connectivity index (χ4n) is 1.81. The Morgan fingerprint density at radius 1 is 1.30 bits per heavy atom. The molecule has 1 aromatic heterocycles. The molecule has 1 unspecified atom stereocenters. The van der Waals surface area contributed by atoms with E-state index in [-0.39, 0.29) is 4.90 Å². The van der Waals surface area contributed by atoms with Crippen LogP contribution in [0.3, 0.4) is 0 Å². The van der Waals surface area contributed by atoms with Crippen LogP contribution in [0.1, 0.15) is 10.6 Å². The van der Waals surface area contributed by atoms with Crippen LogP contribution in [-0.2, 0) is 27.1 Å². The molecule has 1 heterocycles. The van der Waals surface area contributed by atoms with Crippen molar-refractivity contribution in [2.45, 2.75) is 23.1 Å². The van der Waals surface area contributed by atoms with E-state index >= 15 is 0 Å². The van der Waals surface area contributed by atoms with Crippen LogP contribution in [0, 0.1) is 6.92 Å². The predicted molar refractivity (Wildman–Crippen MR) is 81.4 cm³/mol. The van der Waals surface area contributed by atoms with Gasteiger partial charge in [-0.3, -0.25) is 4.21 Å². The Hall–Kier alpha value is -1.05. The molecule has 0 saturated heterocycles. The highest BCUT2D eigenvalue weighted by atomic mass is 32.2. The Labute approximate surface area is 125 Å². The predicted octanol–water partition coefficient (Wildman–Crippen LogP) is 2.21. The number of hydrogen-bond acceptors (Lipinski definition) is 5. The number of aromatic nitrogens is 1. The number of nitrogens with zero attached hydrogens (tertiary/aromatic N) is 1. The molecule has 0 fully saturated rings. The van der Waals surface area contributed by atoms with E-state index in [2.05, 4.69) is 4.98 Å². The smallest absolute Gasteiger partial charge is 0.176 e. The summed E-state index contributed by atoms with van der Waals surface area (Å²) in [5.41, 5.74) is 2.71. The summed E-state index contributed by atoms with van der Waals surface area (Å²) in [5.74, 6) is 0.398. The summed E-state index contributed by atoms with van der Waals surface area (Å²) in [6, 6.07) is 6.47. The van der Waals surface area contributed by atoms with E-state index in [4.69, 9.17) is 0 Å². The molecule has 0 N–H and O–H groups in total. The highest BCUT2D eigenvalue weighted by Crippen LogP contribution is 2.21. The Bertz CT molecular complexity index is 735. The third-order valence-corrected chi connectivity index (χ3v) is 6.55. The van der Waals surface area contributed by atoms with Crippen LogP contribution < -0.4 is 0 Å². The molecule has 0 saturated carbocycles. The standard InChI is InChI=1S/C13H15NO3S3/c1-10-11(18-9-14-10)7-8-19(15)12-5-3-4-6-13(12)20(2,16)17/h3-6,9H,7-8H2,1-2H3. The number of rotatable bonds is 5. The van der Waals surface area contributed by atoms with Crippen molar-refractivity contribution in [2.75, 3.05) is 12.0 Å². The lowest BCUT2D eigenvalue weighted by Gasteiger charge is -2.07. The van der Waals surface area contributed by atoms with Crippen molar-refractivity contribution in [1.29, 1.82) is 0 Å². The van der Waals surface area contributed by atoms with E-state index in [0.29, 0.717) is 17.1 Å². The summed E-state index contributed by atoms with van der Waals surface area (Å²) in [6.07, 6.45) is 1.78. The zero-order valence-electron chi connectivity index (χ0n) is 11.2. The van der Waals surface area contributed by atoms with Crippen molar-refractivity contribution < 1.29 is 12.6 Å². The first kappa shape index (κ1) is 15.3. The van der Waals surface area contributed by atoms with E-state index in [1.165, 1.54) is 17.4 Å². The number of benzene rings is 1. The van der Waals surface area contributed by atoms with Crippen LogP contribution in [0.25, 0.3) is 0 Å². The van der Waals surface area contributed by atoms with E-state index in [1.54, 1.807) is 23.7 Å². The molecule has 7 heteroatoms. The maximum Gasteiger partial charge on any atom is 0.176 e. The Morgan fingerprint density at radius 3 is 2.60 bits per heavy atom. The SMILES string of the molecule is Cc1ncsc1CCS(=O)c1ccccc1S(C)(=O)=O. The first-order valence-electron chi connectivity index (χ1n) is 5.96. The van der Waals surface area contributed by atoms with Gasteiger partial charge in [-0.1, -0.05) is 12.1 Å².